The molecule has 150 valence electrons. The molecule has 29 heavy (non-hydrogen) atoms. The Morgan fingerprint density at radius 3 is 2.90 bits per heavy atom. The van der Waals surface area contributed by atoms with Gasteiger partial charge in [0, 0.05) is 13.0 Å². The molecule has 1 amide bonds. The van der Waals surface area contributed by atoms with Gasteiger partial charge in [0.05, 0.1) is 6.20 Å². The van der Waals surface area contributed by atoms with Crippen LogP contribution in [0.1, 0.15) is 36.1 Å². The maximum atomic E-state index is 13.7. The van der Waals surface area contributed by atoms with Gasteiger partial charge in [-0.05, 0) is 42.7 Å². The number of benzene rings is 2. The lowest BCUT2D eigenvalue weighted by molar-refractivity contribution is -0.134. The van der Waals surface area contributed by atoms with E-state index in [0.717, 1.165) is 18.4 Å². The number of halogens is 2. The quantitative estimate of drug-likeness (QED) is 0.622. The number of hydrogen-bond acceptors (Lipinski definition) is 4. The Kier molecular flexibility index (Phi) is 5.55. The molecule has 0 saturated carbocycles. The van der Waals surface area contributed by atoms with Crippen LogP contribution in [0.4, 0.5) is 8.78 Å². The van der Waals surface area contributed by atoms with E-state index in [1.54, 1.807) is 29.3 Å². The van der Waals surface area contributed by atoms with Crippen molar-refractivity contribution >= 4 is 5.91 Å². The number of hydrogen-bond donors (Lipinski definition) is 0. The fraction of sp³-hybridized carbons (Fsp3) is 0.273. The van der Waals surface area contributed by atoms with E-state index in [4.69, 9.17) is 9.15 Å². The molecular weight excluding hydrogens is 378 g/mol. The Hall–Kier alpha value is -3.22. The zero-order valence-corrected chi connectivity index (χ0v) is 15.7. The average Bonchev–Trinajstić information content (AvgIpc) is 3.36. The van der Waals surface area contributed by atoms with Gasteiger partial charge in [-0.15, -0.1) is 0 Å². The summed E-state index contributed by atoms with van der Waals surface area (Å²) in [4.78, 5) is 18.6. The zero-order valence-electron chi connectivity index (χ0n) is 15.7. The van der Waals surface area contributed by atoms with Crippen molar-refractivity contribution < 1.29 is 22.7 Å². The van der Waals surface area contributed by atoms with Crippen molar-refractivity contribution in [3.05, 3.63) is 83.6 Å². The maximum Gasteiger partial charge on any atom is 0.261 e. The maximum absolute atomic E-state index is 13.7. The monoisotopic (exact) mass is 398 g/mol. The van der Waals surface area contributed by atoms with Crippen molar-refractivity contribution in [2.24, 2.45) is 0 Å². The lowest BCUT2D eigenvalue weighted by atomic mass is 10.1. The number of carbonyl (C=O) groups excluding carboxylic acids is 1. The summed E-state index contributed by atoms with van der Waals surface area (Å²) in [5, 5.41) is 0. The van der Waals surface area contributed by atoms with E-state index in [1.807, 2.05) is 6.07 Å². The van der Waals surface area contributed by atoms with Crippen LogP contribution < -0.4 is 4.74 Å². The van der Waals surface area contributed by atoms with Crippen LogP contribution in [0.2, 0.25) is 0 Å². The van der Waals surface area contributed by atoms with Gasteiger partial charge in [-0.1, -0.05) is 24.3 Å². The Morgan fingerprint density at radius 1 is 1.21 bits per heavy atom. The lowest BCUT2D eigenvalue weighted by Crippen LogP contribution is -2.34. The predicted molar refractivity (Wildman–Crippen MR) is 101 cm³/mol. The second-order valence-corrected chi connectivity index (χ2v) is 6.94. The van der Waals surface area contributed by atoms with Gasteiger partial charge in [-0.3, -0.25) is 4.79 Å². The molecule has 0 radical (unpaired) electrons. The van der Waals surface area contributed by atoms with Crippen LogP contribution in [-0.2, 0) is 11.2 Å². The minimum Gasteiger partial charge on any atom is -0.481 e. The van der Waals surface area contributed by atoms with E-state index in [-0.39, 0.29) is 30.1 Å². The van der Waals surface area contributed by atoms with Gasteiger partial charge in [0.1, 0.15) is 17.6 Å². The van der Waals surface area contributed by atoms with Crippen LogP contribution in [0, 0.1) is 11.6 Å². The standard InChI is InChI=1S/C22H20F2N2O3/c23-16-6-3-5-15(11-16)12-17-13-25-22(29-17)19-8-4-10-26(19)21(27)14-28-20-9-2-1-7-18(20)24/h1-3,5-7,9,11,13,19H,4,8,10,12,14H2/t19-/m1/s1. The molecule has 0 aliphatic carbocycles. The van der Waals surface area contributed by atoms with E-state index in [0.29, 0.717) is 24.6 Å². The SMILES string of the molecule is O=C(COc1ccccc1F)N1CCC[C@@H]1c1ncc(Cc2cccc(F)c2)o1. The van der Waals surface area contributed by atoms with Gasteiger partial charge in [0.15, 0.2) is 18.2 Å². The van der Waals surface area contributed by atoms with E-state index in [1.165, 1.54) is 24.3 Å². The molecule has 1 fully saturated rings. The van der Waals surface area contributed by atoms with Gasteiger partial charge in [-0.25, -0.2) is 13.8 Å². The number of likely N-dealkylation sites (tertiary alicyclic amines) is 1. The number of oxazole rings is 1. The molecule has 1 atom stereocenters. The summed E-state index contributed by atoms with van der Waals surface area (Å²) < 4.78 is 38.2. The fourth-order valence-electron chi connectivity index (χ4n) is 3.51. The van der Waals surface area contributed by atoms with Crippen LogP contribution in [-0.4, -0.2) is 28.9 Å². The highest BCUT2D eigenvalue weighted by Gasteiger charge is 2.33. The number of rotatable bonds is 6. The van der Waals surface area contributed by atoms with E-state index in [9.17, 15) is 13.6 Å². The van der Waals surface area contributed by atoms with Crippen LogP contribution in [0.3, 0.4) is 0 Å². The number of carbonyl (C=O) groups is 1. The summed E-state index contributed by atoms with van der Waals surface area (Å²) in [6.45, 7) is 0.306. The Balaban J connectivity index is 1.41. The van der Waals surface area contributed by atoms with E-state index < -0.39 is 5.82 Å². The van der Waals surface area contributed by atoms with Crippen LogP contribution in [0.5, 0.6) is 5.75 Å². The Morgan fingerprint density at radius 2 is 2.07 bits per heavy atom. The molecule has 2 aromatic carbocycles. The highest BCUT2D eigenvalue weighted by atomic mass is 19.1. The first kappa shape index (κ1) is 19.1. The summed E-state index contributed by atoms with van der Waals surface area (Å²) in [7, 11) is 0. The minimum atomic E-state index is -0.507. The third-order valence-electron chi connectivity index (χ3n) is 4.88. The molecule has 1 aliphatic rings. The van der Waals surface area contributed by atoms with Crippen molar-refractivity contribution in [1.29, 1.82) is 0 Å². The molecule has 0 N–H and O–H groups in total. The molecule has 0 unspecified atom stereocenters. The third kappa shape index (κ3) is 4.45. The summed E-state index contributed by atoms with van der Waals surface area (Å²) in [6.07, 6.45) is 3.57. The van der Waals surface area contributed by atoms with Crippen LogP contribution >= 0.6 is 0 Å². The average molecular weight is 398 g/mol. The fourth-order valence-corrected chi connectivity index (χ4v) is 3.51. The first-order chi connectivity index (χ1) is 14.1. The Labute approximate surface area is 166 Å². The summed E-state index contributed by atoms with van der Waals surface area (Å²) >= 11 is 0. The van der Waals surface area contributed by atoms with Crippen LogP contribution in [0.15, 0.2) is 59.1 Å². The van der Waals surface area contributed by atoms with Gasteiger partial charge in [0.2, 0.25) is 5.89 Å². The molecular formula is C22H20F2N2O3. The lowest BCUT2D eigenvalue weighted by Gasteiger charge is -2.22. The van der Waals surface area contributed by atoms with Crippen molar-refractivity contribution in [2.75, 3.05) is 13.2 Å². The molecule has 1 aliphatic heterocycles. The topological polar surface area (TPSA) is 55.6 Å². The van der Waals surface area contributed by atoms with Gasteiger partial charge in [-0.2, -0.15) is 0 Å². The highest BCUT2D eigenvalue weighted by Crippen LogP contribution is 2.32. The second kappa shape index (κ2) is 8.43. The van der Waals surface area contributed by atoms with Gasteiger partial charge < -0.3 is 14.1 Å². The summed E-state index contributed by atoms with van der Waals surface area (Å²) in [6, 6.07) is 12.0. The molecule has 2 heterocycles. The second-order valence-electron chi connectivity index (χ2n) is 6.94. The molecule has 1 aromatic heterocycles. The molecule has 0 spiro atoms. The van der Waals surface area contributed by atoms with Crippen molar-refractivity contribution in [1.82, 2.24) is 9.88 Å². The molecule has 0 bridgehead atoms. The van der Waals surface area contributed by atoms with Crippen molar-refractivity contribution in [3.8, 4) is 5.75 Å². The number of aromatic nitrogens is 1. The largest absolute Gasteiger partial charge is 0.481 e. The summed E-state index contributed by atoms with van der Waals surface area (Å²) in [5.74, 6) is 0.0454. The van der Waals surface area contributed by atoms with E-state index >= 15 is 0 Å². The zero-order chi connectivity index (χ0) is 20.2. The Bertz CT molecular complexity index is 1000. The van der Waals surface area contributed by atoms with Gasteiger partial charge >= 0.3 is 0 Å². The molecule has 3 aromatic rings. The molecule has 1 saturated heterocycles. The summed E-state index contributed by atoms with van der Waals surface area (Å²) in [5.41, 5.74) is 0.783. The number of ether oxygens (including phenoxy) is 1. The minimum absolute atomic E-state index is 0.0464. The predicted octanol–water partition coefficient (Wildman–Crippen LogP) is 4.29. The molecule has 7 heteroatoms. The third-order valence-corrected chi connectivity index (χ3v) is 4.88. The molecule has 4 rings (SSSR count). The number of nitrogens with zero attached hydrogens (tertiary/aromatic N) is 2. The first-order valence-electron chi connectivity index (χ1n) is 9.46. The van der Waals surface area contributed by atoms with Gasteiger partial charge in [0.25, 0.3) is 5.91 Å². The van der Waals surface area contributed by atoms with E-state index in [2.05, 4.69) is 4.98 Å². The highest BCUT2D eigenvalue weighted by molar-refractivity contribution is 5.78. The normalized spacial score (nSPS) is 16.2. The smallest absolute Gasteiger partial charge is 0.261 e. The first-order valence-corrected chi connectivity index (χ1v) is 9.46. The molecule has 5 nitrogen and oxygen atoms in total. The van der Waals surface area contributed by atoms with Crippen molar-refractivity contribution in [3.63, 3.8) is 0 Å². The number of amides is 1. The van der Waals surface area contributed by atoms with Crippen molar-refractivity contribution in [2.45, 2.75) is 25.3 Å². The number of para-hydroxylation sites is 1. The van der Waals surface area contributed by atoms with Crippen LogP contribution in [0.25, 0.3) is 0 Å².